The average molecular weight is 390 g/mol. The normalized spacial score (nSPS) is 22.4. The molecule has 2 heterocycles. The monoisotopic (exact) mass is 390 g/mol. The number of ether oxygens (including phenoxy) is 1. The highest BCUT2D eigenvalue weighted by Crippen LogP contribution is 2.26. The van der Waals surface area contributed by atoms with E-state index in [2.05, 4.69) is 10.3 Å². The number of aliphatic hydroxyl groups is 1. The quantitative estimate of drug-likeness (QED) is 0.799. The minimum Gasteiger partial charge on any atom is -0.351 e. The zero-order valence-electron chi connectivity index (χ0n) is 10.4. The second kappa shape index (κ2) is 5.62. The lowest BCUT2D eigenvalue weighted by Crippen LogP contribution is -2.30. The van der Waals surface area contributed by atoms with Crippen molar-refractivity contribution in [1.82, 2.24) is 15.0 Å². The van der Waals surface area contributed by atoms with Crippen LogP contribution in [0.3, 0.4) is 0 Å². The lowest BCUT2D eigenvalue weighted by atomic mass is 10.2. The zero-order chi connectivity index (χ0) is 14.1. The number of aliphatic hydroxyl groups excluding tert-OH is 1. The molecule has 2 aromatic rings. The summed E-state index contributed by atoms with van der Waals surface area (Å²) in [7, 11) is 0. The van der Waals surface area contributed by atoms with Crippen LogP contribution in [0.5, 0.6) is 0 Å². The Kier molecular flexibility index (Phi) is 3.85. The molecule has 8 heteroatoms. The number of rotatable bonds is 3. The summed E-state index contributed by atoms with van der Waals surface area (Å²) in [5, 5.41) is 17.5. The van der Waals surface area contributed by atoms with Gasteiger partial charge in [-0.2, -0.15) is 0 Å². The third-order valence-electron chi connectivity index (χ3n) is 3.08. The van der Waals surface area contributed by atoms with Gasteiger partial charge in [-0.1, -0.05) is 5.21 Å². The minimum absolute atomic E-state index is 0.228. The average Bonchev–Trinajstić information content (AvgIpc) is 3.03. The molecule has 1 aromatic carbocycles. The molecule has 0 amide bonds. The minimum atomic E-state index is -1.08. The molecule has 1 fully saturated rings. The van der Waals surface area contributed by atoms with Crippen LogP contribution in [0.15, 0.2) is 30.6 Å². The van der Waals surface area contributed by atoms with Crippen molar-refractivity contribution >= 4 is 28.3 Å². The van der Waals surface area contributed by atoms with Crippen LogP contribution in [0.1, 0.15) is 0 Å². The molecule has 3 rings (SSSR count). The second-order valence-corrected chi connectivity index (χ2v) is 5.62. The Labute approximate surface area is 128 Å². The Bertz CT molecular complexity index is 595. The summed E-state index contributed by atoms with van der Waals surface area (Å²) < 4.78 is 21.2. The van der Waals surface area contributed by atoms with E-state index in [-0.39, 0.29) is 11.9 Å². The molecule has 1 saturated heterocycles. The van der Waals surface area contributed by atoms with Gasteiger partial charge in [0.05, 0.1) is 25.4 Å². The summed E-state index contributed by atoms with van der Waals surface area (Å²) in [5.74, 6) is -0.310. The van der Waals surface area contributed by atoms with E-state index in [9.17, 15) is 9.50 Å². The molecular weight excluding hydrogens is 378 g/mol. The van der Waals surface area contributed by atoms with Gasteiger partial charge in [-0.25, -0.2) is 9.07 Å². The predicted octanol–water partition coefficient (Wildman–Crippen LogP) is 1.20. The summed E-state index contributed by atoms with van der Waals surface area (Å²) in [4.78, 5) is 1.61. The summed E-state index contributed by atoms with van der Waals surface area (Å²) in [6.45, 7) is 0.946. The standard InChI is InChI=1S/C12H12FIN4O2/c13-10-5-8(1-2-11(10)14)18-7-9(20-12(18)19)6-17-4-3-15-16-17/h1-5,9,12,19H,6-7H2/t9-,12?/m0/s1. The van der Waals surface area contributed by atoms with E-state index in [1.165, 1.54) is 6.07 Å². The van der Waals surface area contributed by atoms with Crippen molar-refractivity contribution in [2.45, 2.75) is 19.1 Å². The summed E-state index contributed by atoms with van der Waals surface area (Å²) >= 11 is 1.92. The smallest absolute Gasteiger partial charge is 0.238 e. The second-order valence-electron chi connectivity index (χ2n) is 4.46. The van der Waals surface area contributed by atoms with Crippen LogP contribution in [0.2, 0.25) is 0 Å². The van der Waals surface area contributed by atoms with Crippen LogP contribution >= 0.6 is 22.6 Å². The third kappa shape index (κ3) is 2.76. The van der Waals surface area contributed by atoms with Gasteiger partial charge in [0, 0.05) is 15.5 Å². The summed E-state index contributed by atoms with van der Waals surface area (Å²) in [5.41, 5.74) is 0.594. The maximum absolute atomic E-state index is 13.6. The molecule has 0 radical (unpaired) electrons. The van der Waals surface area contributed by atoms with E-state index in [1.54, 1.807) is 34.1 Å². The van der Waals surface area contributed by atoms with Crippen LogP contribution in [-0.2, 0) is 11.3 Å². The fourth-order valence-electron chi connectivity index (χ4n) is 2.13. The zero-order valence-corrected chi connectivity index (χ0v) is 12.5. The van der Waals surface area contributed by atoms with E-state index in [0.717, 1.165) is 0 Å². The van der Waals surface area contributed by atoms with Gasteiger partial charge >= 0.3 is 0 Å². The van der Waals surface area contributed by atoms with Gasteiger partial charge in [0.1, 0.15) is 5.82 Å². The van der Waals surface area contributed by atoms with Gasteiger partial charge in [0.25, 0.3) is 0 Å². The molecule has 6 nitrogen and oxygen atoms in total. The molecule has 1 unspecified atom stereocenters. The van der Waals surface area contributed by atoms with Crippen molar-refractivity contribution < 1.29 is 14.2 Å². The fourth-order valence-corrected chi connectivity index (χ4v) is 2.47. The lowest BCUT2D eigenvalue weighted by Gasteiger charge is -2.20. The van der Waals surface area contributed by atoms with Crippen LogP contribution in [0, 0.1) is 9.39 Å². The molecule has 0 saturated carbocycles. The van der Waals surface area contributed by atoms with Crippen molar-refractivity contribution in [2.75, 3.05) is 11.4 Å². The Hall–Kier alpha value is -1.26. The number of nitrogens with zero attached hydrogens (tertiary/aromatic N) is 4. The number of benzene rings is 1. The number of hydrogen-bond acceptors (Lipinski definition) is 5. The van der Waals surface area contributed by atoms with Crippen molar-refractivity contribution in [3.8, 4) is 0 Å². The van der Waals surface area contributed by atoms with E-state index < -0.39 is 6.41 Å². The van der Waals surface area contributed by atoms with E-state index in [0.29, 0.717) is 22.3 Å². The highest BCUT2D eigenvalue weighted by Gasteiger charge is 2.32. The Morgan fingerprint density at radius 2 is 2.35 bits per heavy atom. The first-order valence-corrected chi connectivity index (χ1v) is 7.10. The first kappa shape index (κ1) is 13.7. The molecular formula is C12H12FIN4O2. The topological polar surface area (TPSA) is 63.4 Å². The molecule has 1 aromatic heterocycles. The molecule has 0 aliphatic carbocycles. The van der Waals surface area contributed by atoms with Gasteiger partial charge in [0.15, 0.2) is 0 Å². The van der Waals surface area contributed by atoms with Gasteiger partial charge in [-0.3, -0.25) is 0 Å². The molecule has 2 atom stereocenters. The molecule has 0 bridgehead atoms. The Morgan fingerprint density at radius 3 is 3.05 bits per heavy atom. The van der Waals surface area contributed by atoms with Gasteiger partial charge < -0.3 is 14.7 Å². The van der Waals surface area contributed by atoms with Crippen molar-refractivity contribution in [3.05, 3.63) is 40.0 Å². The number of hydrogen-bond donors (Lipinski definition) is 1. The molecule has 20 heavy (non-hydrogen) atoms. The van der Waals surface area contributed by atoms with Crippen molar-refractivity contribution in [3.63, 3.8) is 0 Å². The summed E-state index contributed by atoms with van der Waals surface area (Å²) in [6, 6.07) is 4.82. The fraction of sp³-hybridized carbons (Fsp3) is 0.333. The highest BCUT2D eigenvalue weighted by molar-refractivity contribution is 14.1. The lowest BCUT2D eigenvalue weighted by molar-refractivity contribution is -0.0924. The first-order valence-electron chi connectivity index (χ1n) is 6.03. The predicted molar refractivity (Wildman–Crippen MR) is 77.4 cm³/mol. The number of halogens is 2. The van der Waals surface area contributed by atoms with E-state index in [1.807, 2.05) is 22.6 Å². The Balaban J connectivity index is 1.73. The highest BCUT2D eigenvalue weighted by atomic mass is 127. The van der Waals surface area contributed by atoms with Crippen LogP contribution in [0.4, 0.5) is 10.1 Å². The third-order valence-corrected chi connectivity index (χ3v) is 3.95. The van der Waals surface area contributed by atoms with E-state index in [4.69, 9.17) is 4.74 Å². The molecule has 1 N–H and O–H groups in total. The van der Waals surface area contributed by atoms with E-state index >= 15 is 0 Å². The number of anilines is 1. The molecule has 106 valence electrons. The largest absolute Gasteiger partial charge is 0.351 e. The first-order chi connectivity index (χ1) is 9.63. The summed E-state index contributed by atoms with van der Waals surface area (Å²) in [6.07, 6.45) is 2.00. The van der Waals surface area contributed by atoms with Crippen molar-refractivity contribution in [1.29, 1.82) is 0 Å². The SMILES string of the molecule is OC1O[C@@H](Cn2ccnn2)CN1c1ccc(I)c(F)c1. The Morgan fingerprint density at radius 1 is 1.50 bits per heavy atom. The van der Waals surface area contributed by atoms with Crippen LogP contribution in [-0.4, -0.2) is 39.2 Å². The van der Waals surface area contributed by atoms with Gasteiger partial charge in [-0.15, -0.1) is 5.10 Å². The maximum atomic E-state index is 13.6. The molecule has 1 aliphatic heterocycles. The van der Waals surface area contributed by atoms with Gasteiger partial charge in [-0.05, 0) is 40.8 Å². The van der Waals surface area contributed by atoms with Crippen LogP contribution < -0.4 is 4.90 Å². The van der Waals surface area contributed by atoms with Crippen molar-refractivity contribution in [2.24, 2.45) is 0 Å². The van der Waals surface area contributed by atoms with Gasteiger partial charge in [0.2, 0.25) is 6.41 Å². The molecule has 0 spiro atoms. The maximum Gasteiger partial charge on any atom is 0.238 e. The molecule has 1 aliphatic rings. The number of aromatic nitrogens is 3. The van der Waals surface area contributed by atoms with Crippen LogP contribution in [0.25, 0.3) is 0 Å².